The quantitative estimate of drug-likeness (QED) is 0.809. The molecule has 128 valence electrons. The van der Waals surface area contributed by atoms with Gasteiger partial charge in [-0.3, -0.25) is 4.79 Å². The van der Waals surface area contributed by atoms with Crippen LogP contribution in [-0.4, -0.2) is 50.7 Å². The van der Waals surface area contributed by atoms with Gasteiger partial charge in [0.1, 0.15) is 11.8 Å². The standard InChI is InChI=1S/C15H18N4O5/c1-4-23-9(2)13-17-12(24-18-13)8-19(3)14(20)10-5-6-16-11(7-10)15(21)22/h5-7,9H,4,8H2,1-3H3,(H,21,22). The summed E-state index contributed by atoms with van der Waals surface area (Å²) < 4.78 is 10.5. The minimum atomic E-state index is -1.20. The number of carboxylic acid groups (broad SMARTS) is 1. The molecule has 9 nitrogen and oxygen atoms in total. The summed E-state index contributed by atoms with van der Waals surface area (Å²) in [5.74, 6) is -0.902. The second-order valence-electron chi connectivity index (χ2n) is 5.04. The summed E-state index contributed by atoms with van der Waals surface area (Å²) in [5.41, 5.74) is 0.0205. The SMILES string of the molecule is CCOC(C)c1noc(CN(C)C(=O)c2ccnc(C(=O)O)c2)n1. The molecule has 0 saturated carbocycles. The summed E-state index contributed by atoms with van der Waals surface area (Å²) in [6.45, 7) is 4.29. The van der Waals surface area contributed by atoms with Crippen molar-refractivity contribution in [1.82, 2.24) is 20.0 Å². The van der Waals surface area contributed by atoms with Gasteiger partial charge in [-0.2, -0.15) is 4.98 Å². The van der Waals surface area contributed by atoms with Gasteiger partial charge in [-0.05, 0) is 26.0 Å². The predicted molar refractivity (Wildman–Crippen MR) is 81.3 cm³/mol. The average molecular weight is 334 g/mol. The number of aromatic carboxylic acids is 1. The van der Waals surface area contributed by atoms with Gasteiger partial charge in [0.15, 0.2) is 5.82 Å². The normalized spacial score (nSPS) is 12.0. The third-order valence-corrected chi connectivity index (χ3v) is 3.21. The Bertz CT molecular complexity index is 730. The highest BCUT2D eigenvalue weighted by Gasteiger charge is 2.19. The molecule has 0 aliphatic carbocycles. The van der Waals surface area contributed by atoms with Crippen LogP contribution in [-0.2, 0) is 11.3 Å². The fourth-order valence-electron chi connectivity index (χ4n) is 2.00. The number of pyridine rings is 1. The molecule has 0 saturated heterocycles. The Morgan fingerprint density at radius 1 is 1.46 bits per heavy atom. The van der Waals surface area contributed by atoms with Crippen LogP contribution in [0.5, 0.6) is 0 Å². The molecule has 2 aromatic rings. The first kappa shape index (κ1) is 17.5. The Kier molecular flexibility index (Phi) is 5.59. The first-order valence-corrected chi connectivity index (χ1v) is 7.31. The van der Waals surface area contributed by atoms with Crippen LogP contribution in [0, 0.1) is 0 Å². The van der Waals surface area contributed by atoms with E-state index in [1.807, 2.05) is 6.92 Å². The Labute approximate surface area is 138 Å². The summed E-state index contributed by atoms with van der Waals surface area (Å²) >= 11 is 0. The largest absolute Gasteiger partial charge is 0.477 e. The molecule has 2 heterocycles. The van der Waals surface area contributed by atoms with Crippen LogP contribution in [0.15, 0.2) is 22.9 Å². The van der Waals surface area contributed by atoms with E-state index in [2.05, 4.69) is 15.1 Å². The molecule has 0 radical (unpaired) electrons. The lowest BCUT2D eigenvalue weighted by Gasteiger charge is -2.14. The van der Waals surface area contributed by atoms with E-state index in [9.17, 15) is 9.59 Å². The second-order valence-corrected chi connectivity index (χ2v) is 5.04. The van der Waals surface area contributed by atoms with Crippen molar-refractivity contribution in [1.29, 1.82) is 0 Å². The maximum Gasteiger partial charge on any atom is 0.354 e. The zero-order valence-electron chi connectivity index (χ0n) is 13.6. The van der Waals surface area contributed by atoms with E-state index in [1.54, 1.807) is 14.0 Å². The predicted octanol–water partition coefficient (Wildman–Crippen LogP) is 1.53. The van der Waals surface area contributed by atoms with E-state index in [1.165, 1.54) is 23.2 Å². The van der Waals surface area contributed by atoms with Gasteiger partial charge in [0, 0.05) is 25.4 Å². The maximum atomic E-state index is 12.4. The minimum Gasteiger partial charge on any atom is -0.477 e. The lowest BCUT2D eigenvalue weighted by Crippen LogP contribution is -2.26. The zero-order chi connectivity index (χ0) is 17.7. The van der Waals surface area contributed by atoms with Gasteiger partial charge in [-0.1, -0.05) is 5.16 Å². The molecule has 1 amide bonds. The highest BCUT2D eigenvalue weighted by molar-refractivity contribution is 5.96. The van der Waals surface area contributed by atoms with Gasteiger partial charge in [-0.25, -0.2) is 9.78 Å². The zero-order valence-corrected chi connectivity index (χ0v) is 13.6. The number of rotatable bonds is 7. The number of hydrogen-bond donors (Lipinski definition) is 1. The monoisotopic (exact) mass is 334 g/mol. The fourth-order valence-corrected chi connectivity index (χ4v) is 2.00. The molecule has 0 aliphatic heterocycles. The highest BCUT2D eigenvalue weighted by atomic mass is 16.5. The van der Waals surface area contributed by atoms with Gasteiger partial charge in [0.2, 0.25) is 5.89 Å². The van der Waals surface area contributed by atoms with Gasteiger partial charge >= 0.3 is 5.97 Å². The second kappa shape index (κ2) is 7.64. The molecule has 0 bridgehead atoms. The number of amides is 1. The third-order valence-electron chi connectivity index (χ3n) is 3.21. The first-order chi connectivity index (χ1) is 11.4. The van der Waals surface area contributed by atoms with Crippen molar-refractivity contribution in [3.63, 3.8) is 0 Å². The van der Waals surface area contributed by atoms with Gasteiger partial charge in [0.05, 0.1) is 6.54 Å². The van der Waals surface area contributed by atoms with Crippen LogP contribution in [0.2, 0.25) is 0 Å². The Balaban J connectivity index is 2.06. The number of nitrogens with zero attached hydrogens (tertiary/aromatic N) is 4. The smallest absolute Gasteiger partial charge is 0.354 e. The van der Waals surface area contributed by atoms with E-state index < -0.39 is 5.97 Å². The molecule has 1 unspecified atom stereocenters. The molecule has 0 aromatic carbocycles. The summed E-state index contributed by atoms with van der Waals surface area (Å²) in [6, 6.07) is 2.67. The fraction of sp³-hybridized carbons (Fsp3) is 0.400. The lowest BCUT2D eigenvalue weighted by atomic mass is 10.2. The number of ether oxygens (including phenoxy) is 1. The molecular formula is C15H18N4O5. The summed E-state index contributed by atoms with van der Waals surface area (Å²) in [7, 11) is 1.55. The number of carboxylic acids is 1. The Morgan fingerprint density at radius 3 is 2.88 bits per heavy atom. The minimum absolute atomic E-state index is 0.0927. The van der Waals surface area contributed by atoms with Crippen molar-refractivity contribution in [2.75, 3.05) is 13.7 Å². The van der Waals surface area contributed by atoms with Crippen molar-refractivity contribution in [3.05, 3.63) is 41.3 Å². The molecule has 1 N–H and O–H groups in total. The van der Waals surface area contributed by atoms with Gasteiger partial charge in [0.25, 0.3) is 5.91 Å². The van der Waals surface area contributed by atoms with Crippen molar-refractivity contribution in [2.45, 2.75) is 26.5 Å². The van der Waals surface area contributed by atoms with Crippen molar-refractivity contribution >= 4 is 11.9 Å². The van der Waals surface area contributed by atoms with Gasteiger partial charge in [-0.15, -0.1) is 0 Å². The van der Waals surface area contributed by atoms with E-state index in [4.69, 9.17) is 14.4 Å². The van der Waals surface area contributed by atoms with E-state index in [0.29, 0.717) is 12.4 Å². The van der Waals surface area contributed by atoms with Crippen molar-refractivity contribution in [2.24, 2.45) is 0 Å². The Morgan fingerprint density at radius 2 is 2.21 bits per heavy atom. The molecule has 24 heavy (non-hydrogen) atoms. The van der Waals surface area contributed by atoms with E-state index in [0.717, 1.165) is 0 Å². The van der Waals surface area contributed by atoms with Crippen LogP contribution in [0.1, 0.15) is 52.5 Å². The summed E-state index contributed by atoms with van der Waals surface area (Å²) in [6.07, 6.45) is 0.978. The molecule has 2 aromatic heterocycles. The number of aromatic nitrogens is 3. The van der Waals surface area contributed by atoms with Crippen LogP contribution in [0.3, 0.4) is 0 Å². The van der Waals surface area contributed by atoms with Crippen LogP contribution >= 0.6 is 0 Å². The van der Waals surface area contributed by atoms with E-state index >= 15 is 0 Å². The highest BCUT2D eigenvalue weighted by Crippen LogP contribution is 2.14. The van der Waals surface area contributed by atoms with Crippen LogP contribution < -0.4 is 0 Å². The van der Waals surface area contributed by atoms with Crippen molar-refractivity contribution < 1.29 is 24.0 Å². The molecule has 0 fully saturated rings. The van der Waals surface area contributed by atoms with Crippen molar-refractivity contribution in [3.8, 4) is 0 Å². The van der Waals surface area contributed by atoms with E-state index in [-0.39, 0.29) is 35.7 Å². The molecule has 1 atom stereocenters. The topological polar surface area (TPSA) is 119 Å². The summed E-state index contributed by atoms with van der Waals surface area (Å²) in [4.78, 5) is 32.5. The number of hydrogen-bond acceptors (Lipinski definition) is 7. The maximum absolute atomic E-state index is 12.4. The summed E-state index contributed by atoms with van der Waals surface area (Å²) in [5, 5.41) is 12.8. The number of carbonyl (C=O) groups excluding carboxylic acids is 1. The molecule has 2 rings (SSSR count). The van der Waals surface area contributed by atoms with Crippen LogP contribution in [0.25, 0.3) is 0 Å². The molecule has 0 spiro atoms. The molecular weight excluding hydrogens is 316 g/mol. The van der Waals surface area contributed by atoms with Crippen LogP contribution in [0.4, 0.5) is 0 Å². The average Bonchev–Trinajstić information content (AvgIpc) is 3.03. The van der Waals surface area contributed by atoms with Gasteiger partial charge < -0.3 is 19.3 Å². The Hall–Kier alpha value is -2.81. The number of carbonyl (C=O) groups is 2. The molecule has 9 heteroatoms. The third kappa shape index (κ3) is 4.13. The molecule has 0 aliphatic rings. The lowest BCUT2D eigenvalue weighted by molar-refractivity contribution is 0.0680. The first-order valence-electron chi connectivity index (χ1n) is 7.31.